The van der Waals surface area contributed by atoms with Crippen LogP contribution in [0.2, 0.25) is 0 Å². The van der Waals surface area contributed by atoms with Crippen LogP contribution in [-0.2, 0) is 6.54 Å². The predicted molar refractivity (Wildman–Crippen MR) is 144 cm³/mol. The number of fused-ring (bicyclic) bond motifs is 1. The number of likely N-dealkylation sites (tertiary alicyclic amines) is 2. The molecule has 0 amide bonds. The Bertz CT molecular complexity index is 1220. The van der Waals surface area contributed by atoms with Crippen molar-refractivity contribution in [1.29, 1.82) is 0 Å². The molecule has 3 aromatic rings. The summed E-state index contributed by atoms with van der Waals surface area (Å²) in [5.74, 6) is -0.315. The number of nitrogens with one attached hydrogen (secondary N) is 1. The molecule has 0 unspecified atom stereocenters. The van der Waals surface area contributed by atoms with Gasteiger partial charge in [0.2, 0.25) is 0 Å². The van der Waals surface area contributed by atoms with E-state index < -0.39 is 0 Å². The first-order valence-electron chi connectivity index (χ1n) is 12.8. The van der Waals surface area contributed by atoms with E-state index in [0.29, 0.717) is 10.8 Å². The molecule has 0 atom stereocenters. The number of imidazole rings is 1. The van der Waals surface area contributed by atoms with Crippen LogP contribution in [0.4, 0.5) is 10.1 Å². The van der Waals surface area contributed by atoms with E-state index in [0.717, 1.165) is 56.5 Å². The molecule has 6 nitrogen and oxygen atoms in total. The lowest BCUT2D eigenvalue weighted by Crippen LogP contribution is -2.43. The molecular formula is C27H34FN5OS. The van der Waals surface area contributed by atoms with Gasteiger partial charge in [-0.25, -0.2) is 9.18 Å². The molecule has 1 aromatic heterocycles. The molecule has 2 aliphatic rings. The van der Waals surface area contributed by atoms with E-state index in [4.69, 9.17) is 12.2 Å². The molecule has 35 heavy (non-hydrogen) atoms. The minimum absolute atomic E-state index is 0.0929. The molecule has 8 heteroatoms. The molecule has 186 valence electrons. The Kier molecular flexibility index (Phi) is 7.48. The summed E-state index contributed by atoms with van der Waals surface area (Å²) in [7, 11) is 0. The second-order valence-electron chi connectivity index (χ2n) is 9.68. The summed E-state index contributed by atoms with van der Waals surface area (Å²) in [5.41, 5.74) is 2.52. The quantitative estimate of drug-likeness (QED) is 0.495. The first-order valence-corrected chi connectivity index (χ1v) is 13.3. The third-order valence-electron chi connectivity index (χ3n) is 7.41. The number of aryl methyl sites for hydroxylation is 1. The smallest absolute Gasteiger partial charge is 0.329 e. The average molecular weight is 496 g/mol. The maximum Gasteiger partial charge on any atom is 0.329 e. The SMILES string of the molecule is O=c1n(CCCN2CCCCC2)c2ccccc2n1C1CCN(C(=S)Nc2ccccc2F)CC1. The van der Waals surface area contributed by atoms with E-state index in [1.807, 2.05) is 21.3 Å². The Balaban J connectivity index is 1.26. The largest absolute Gasteiger partial charge is 0.349 e. The number of halogens is 1. The third-order valence-corrected chi connectivity index (χ3v) is 7.77. The molecule has 3 heterocycles. The van der Waals surface area contributed by atoms with Crippen LogP contribution in [0.1, 0.15) is 44.6 Å². The van der Waals surface area contributed by atoms with E-state index in [1.165, 1.54) is 38.4 Å². The van der Waals surface area contributed by atoms with Crippen molar-refractivity contribution in [3.8, 4) is 0 Å². The summed E-state index contributed by atoms with van der Waals surface area (Å²) in [6.45, 7) is 5.62. The second kappa shape index (κ2) is 10.9. The van der Waals surface area contributed by atoms with Crippen molar-refractivity contribution in [2.75, 3.05) is 38.0 Å². The molecule has 1 N–H and O–H groups in total. The number of anilines is 1. The summed E-state index contributed by atoms with van der Waals surface area (Å²) >= 11 is 5.55. The molecule has 2 aromatic carbocycles. The first kappa shape index (κ1) is 24.0. The molecular weight excluding hydrogens is 461 g/mol. The van der Waals surface area contributed by atoms with Crippen LogP contribution < -0.4 is 11.0 Å². The van der Waals surface area contributed by atoms with Gasteiger partial charge in [0.1, 0.15) is 5.82 Å². The summed E-state index contributed by atoms with van der Waals surface area (Å²) in [4.78, 5) is 18.2. The molecule has 0 spiro atoms. The van der Waals surface area contributed by atoms with Crippen LogP contribution in [0.3, 0.4) is 0 Å². The fourth-order valence-electron chi connectivity index (χ4n) is 5.52. The first-order chi connectivity index (χ1) is 17.1. The number of hydrogen-bond acceptors (Lipinski definition) is 3. The van der Waals surface area contributed by atoms with Crippen LogP contribution >= 0.6 is 12.2 Å². The zero-order valence-electron chi connectivity index (χ0n) is 20.2. The molecule has 0 saturated carbocycles. The minimum Gasteiger partial charge on any atom is -0.349 e. The number of thiocarbonyl (C=S) groups is 1. The zero-order chi connectivity index (χ0) is 24.2. The summed E-state index contributed by atoms with van der Waals surface area (Å²) < 4.78 is 18.0. The lowest BCUT2D eigenvalue weighted by Gasteiger charge is -2.34. The summed E-state index contributed by atoms with van der Waals surface area (Å²) in [5, 5.41) is 3.56. The fraction of sp³-hybridized carbons (Fsp3) is 0.481. The third kappa shape index (κ3) is 5.28. The van der Waals surface area contributed by atoms with Gasteiger partial charge in [0, 0.05) is 25.7 Å². The maximum atomic E-state index is 14.0. The standard InChI is InChI=1S/C27H34FN5OS/c28-22-9-2-3-10-23(22)29-26(35)31-19-13-21(14-20-31)33-25-12-5-4-11-24(25)32(27(33)34)18-8-17-30-15-6-1-7-16-30/h2-5,9-12,21H,1,6-8,13-20H2,(H,29,35). The van der Waals surface area contributed by atoms with Crippen molar-refractivity contribution in [2.45, 2.75) is 51.1 Å². The lowest BCUT2D eigenvalue weighted by atomic mass is 10.0. The zero-order valence-corrected chi connectivity index (χ0v) is 21.0. The van der Waals surface area contributed by atoms with Gasteiger partial charge < -0.3 is 15.1 Å². The van der Waals surface area contributed by atoms with Gasteiger partial charge in [-0.05, 0) is 88.2 Å². The van der Waals surface area contributed by atoms with Crippen molar-refractivity contribution in [3.63, 3.8) is 0 Å². The Morgan fingerprint density at radius 3 is 2.34 bits per heavy atom. The highest BCUT2D eigenvalue weighted by Gasteiger charge is 2.26. The number of hydrogen-bond donors (Lipinski definition) is 1. The van der Waals surface area contributed by atoms with E-state index in [2.05, 4.69) is 27.2 Å². The normalized spacial score (nSPS) is 17.7. The van der Waals surface area contributed by atoms with E-state index in [-0.39, 0.29) is 17.5 Å². The number of aromatic nitrogens is 2. The van der Waals surface area contributed by atoms with Gasteiger partial charge in [0.25, 0.3) is 0 Å². The molecule has 0 radical (unpaired) electrons. The highest BCUT2D eigenvalue weighted by Crippen LogP contribution is 2.26. The molecule has 0 aliphatic carbocycles. The van der Waals surface area contributed by atoms with E-state index in [9.17, 15) is 9.18 Å². The molecule has 2 fully saturated rings. The Labute approximate surface area is 211 Å². The van der Waals surface area contributed by atoms with Gasteiger partial charge >= 0.3 is 5.69 Å². The topological polar surface area (TPSA) is 45.4 Å². The average Bonchev–Trinajstić information content (AvgIpc) is 3.17. The van der Waals surface area contributed by atoms with Crippen molar-refractivity contribution < 1.29 is 4.39 Å². The number of para-hydroxylation sites is 3. The maximum absolute atomic E-state index is 14.0. The van der Waals surface area contributed by atoms with Crippen LogP contribution in [0.25, 0.3) is 11.0 Å². The van der Waals surface area contributed by atoms with Crippen LogP contribution in [0.5, 0.6) is 0 Å². The number of rotatable bonds is 6. The van der Waals surface area contributed by atoms with E-state index in [1.54, 1.807) is 18.2 Å². The molecule has 0 bridgehead atoms. The summed E-state index contributed by atoms with van der Waals surface area (Å²) in [6.07, 6.45) is 6.55. The van der Waals surface area contributed by atoms with Crippen molar-refractivity contribution in [2.24, 2.45) is 0 Å². The highest BCUT2D eigenvalue weighted by molar-refractivity contribution is 7.80. The Morgan fingerprint density at radius 1 is 0.914 bits per heavy atom. The second-order valence-corrected chi connectivity index (χ2v) is 10.1. The van der Waals surface area contributed by atoms with Gasteiger partial charge in [-0.3, -0.25) is 9.13 Å². The van der Waals surface area contributed by atoms with Crippen LogP contribution in [-0.4, -0.2) is 56.8 Å². The number of benzene rings is 2. The highest BCUT2D eigenvalue weighted by atomic mass is 32.1. The number of piperidine rings is 2. The van der Waals surface area contributed by atoms with Crippen molar-refractivity contribution in [1.82, 2.24) is 18.9 Å². The minimum atomic E-state index is -0.315. The molecule has 5 rings (SSSR count). The monoisotopic (exact) mass is 495 g/mol. The van der Waals surface area contributed by atoms with Gasteiger partial charge in [-0.2, -0.15) is 0 Å². The van der Waals surface area contributed by atoms with Gasteiger partial charge in [-0.15, -0.1) is 0 Å². The number of nitrogens with zero attached hydrogens (tertiary/aromatic N) is 4. The molecule has 2 saturated heterocycles. The van der Waals surface area contributed by atoms with Gasteiger partial charge in [0.15, 0.2) is 5.11 Å². The van der Waals surface area contributed by atoms with Crippen molar-refractivity contribution in [3.05, 3.63) is 64.8 Å². The Hall–Kier alpha value is -2.71. The summed E-state index contributed by atoms with van der Waals surface area (Å²) in [6, 6.07) is 14.8. The van der Waals surface area contributed by atoms with Crippen molar-refractivity contribution >= 4 is 34.1 Å². The van der Waals surface area contributed by atoms with Gasteiger partial charge in [-0.1, -0.05) is 30.7 Å². The van der Waals surface area contributed by atoms with E-state index >= 15 is 0 Å². The van der Waals surface area contributed by atoms with Crippen LogP contribution in [0, 0.1) is 5.82 Å². The Morgan fingerprint density at radius 2 is 1.60 bits per heavy atom. The predicted octanol–water partition coefficient (Wildman–Crippen LogP) is 4.85. The lowest BCUT2D eigenvalue weighted by molar-refractivity contribution is 0.222. The fourth-order valence-corrected chi connectivity index (χ4v) is 5.81. The van der Waals surface area contributed by atoms with Crippen LogP contribution in [0.15, 0.2) is 53.3 Å². The molecule has 2 aliphatic heterocycles. The van der Waals surface area contributed by atoms with Gasteiger partial charge in [0.05, 0.1) is 16.7 Å².